The van der Waals surface area contributed by atoms with Crippen molar-refractivity contribution in [3.8, 4) is 0 Å². The van der Waals surface area contributed by atoms with Gasteiger partial charge in [-0.1, -0.05) is 82.5 Å². The minimum Gasteiger partial charge on any atom is -0.756 e. The van der Waals surface area contributed by atoms with Crippen LogP contribution in [0.15, 0.2) is 61.7 Å². The van der Waals surface area contributed by atoms with E-state index in [1.807, 2.05) is 30.9 Å². The molecule has 0 bridgehead atoms. The fourth-order valence-corrected chi connectivity index (χ4v) is 4.50. The minimum absolute atomic E-state index is 0.824. The van der Waals surface area contributed by atoms with Crippen molar-refractivity contribution in [3.05, 3.63) is 72.3 Å². The van der Waals surface area contributed by atoms with Gasteiger partial charge in [-0.25, -0.2) is 14.1 Å². The Balaban J connectivity index is 0.000000409. The first kappa shape index (κ1) is 37.1. The summed E-state index contributed by atoms with van der Waals surface area (Å²) in [6.07, 6.45) is 30.8. The van der Waals surface area contributed by atoms with E-state index in [1.54, 1.807) is 0 Å². The molecule has 0 aliphatic rings. The molecule has 0 saturated heterocycles. The number of phosphoric acid groups is 1. The number of aromatic nitrogens is 4. The fraction of sp³-hybridized carbons (Fsp3) is 0.613. The van der Waals surface area contributed by atoms with Crippen molar-refractivity contribution in [2.75, 3.05) is 0 Å². The lowest BCUT2D eigenvalue weighted by atomic mass is 10.1. The van der Waals surface area contributed by atoms with Crippen molar-refractivity contribution in [1.29, 1.82) is 0 Å². The molecule has 8 nitrogen and oxygen atoms in total. The van der Waals surface area contributed by atoms with Crippen molar-refractivity contribution in [2.24, 2.45) is 0 Å². The third-order valence-electron chi connectivity index (χ3n) is 6.64. The maximum atomic E-state index is 8.77. The lowest BCUT2D eigenvalue weighted by molar-refractivity contribution is -0.696. The van der Waals surface area contributed by atoms with Crippen molar-refractivity contribution >= 4 is 19.4 Å². The highest BCUT2D eigenvalue weighted by Crippen LogP contribution is 2.19. The van der Waals surface area contributed by atoms with E-state index in [-0.39, 0.29) is 0 Å². The molecule has 0 amide bonds. The van der Waals surface area contributed by atoms with Crippen LogP contribution in [0.2, 0.25) is 5.02 Å². The number of hydrogen-bond acceptors (Lipinski definition) is 3. The number of unbranched alkanes of at least 4 members (excludes halogenated alkanes) is 10. The average Bonchev–Trinajstić information content (AvgIpc) is 3.61. The number of halogens is 1. The van der Waals surface area contributed by atoms with Gasteiger partial charge in [0.2, 0.25) is 6.33 Å². The molecule has 232 valence electrons. The second-order valence-electron chi connectivity index (χ2n) is 10.4. The summed E-state index contributed by atoms with van der Waals surface area (Å²) in [5.74, 6) is 0. The molecule has 0 unspecified atom stereocenters. The van der Waals surface area contributed by atoms with E-state index in [0.29, 0.717) is 0 Å². The Bertz CT molecular complexity index is 1030. The van der Waals surface area contributed by atoms with Crippen LogP contribution in [0.25, 0.3) is 0 Å². The number of rotatable bonds is 18. The van der Waals surface area contributed by atoms with Crippen molar-refractivity contribution in [2.45, 2.75) is 123 Å². The first-order chi connectivity index (χ1) is 19.7. The molecule has 0 atom stereocenters. The van der Waals surface area contributed by atoms with Crippen LogP contribution in [-0.2, 0) is 30.6 Å². The van der Waals surface area contributed by atoms with Crippen LogP contribution in [0.3, 0.4) is 0 Å². The Kier molecular flexibility index (Phi) is 21.3. The van der Waals surface area contributed by atoms with E-state index in [2.05, 4.69) is 63.4 Å². The standard InChI is InChI=1S/C21H32ClN2.C10H18N2.H3O4P/c1-2-3-4-5-8-15-23-17-18-24(19-23)16-9-6-7-10-20-11-13-21(22)14-12-20;1-2-3-4-5-6-8-12-9-7-11-10-12;1-5(2,3)4/h11-14,17-19H,2-10,15-16H2,1H3;7,9-10H,2-6,8H2,1H3;(H3,1,2,3,4)/q+1;;/p-1. The van der Waals surface area contributed by atoms with Gasteiger partial charge >= 0.3 is 0 Å². The highest BCUT2D eigenvalue weighted by Gasteiger charge is 2.03. The van der Waals surface area contributed by atoms with E-state index in [0.717, 1.165) is 31.1 Å². The van der Waals surface area contributed by atoms with Crippen molar-refractivity contribution in [1.82, 2.24) is 14.1 Å². The summed E-state index contributed by atoms with van der Waals surface area (Å²) in [7, 11) is -4.89. The predicted molar refractivity (Wildman–Crippen MR) is 165 cm³/mol. The molecule has 10 heteroatoms. The van der Waals surface area contributed by atoms with Gasteiger partial charge in [0.25, 0.3) is 7.82 Å². The summed E-state index contributed by atoms with van der Waals surface area (Å²) in [6.45, 7) is 7.93. The van der Waals surface area contributed by atoms with Crippen molar-refractivity contribution in [3.63, 3.8) is 0 Å². The topological polar surface area (TPSA) is 107 Å². The van der Waals surface area contributed by atoms with Crippen LogP contribution in [0, 0.1) is 0 Å². The molecule has 41 heavy (non-hydrogen) atoms. The zero-order valence-electron chi connectivity index (χ0n) is 25.1. The molecule has 0 aliphatic carbocycles. The number of aryl methyl sites for hydroxylation is 4. The molecular formula is C31H52ClN4O4P. The number of benzene rings is 1. The van der Waals surface area contributed by atoms with Gasteiger partial charge in [-0.2, -0.15) is 0 Å². The summed E-state index contributed by atoms with van der Waals surface area (Å²) in [5.41, 5.74) is 1.39. The van der Waals surface area contributed by atoms with E-state index >= 15 is 0 Å². The van der Waals surface area contributed by atoms with Gasteiger partial charge in [0.1, 0.15) is 12.4 Å². The molecule has 3 aromatic rings. The highest BCUT2D eigenvalue weighted by molar-refractivity contribution is 7.43. The molecular weight excluding hydrogens is 559 g/mol. The monoisotopic (exact) mass is 610 g/mol. The van der Waals surface area contributed by atoms with Crippen LogP contribution in [0.4, 0.5) is 0 Å². The summed E-state index contributed by atoms with van der Waals surface area (Å²) < 4.78 is 15.6. The number of nitrogens with zero attached hydrogens (tertiary/aromatic N) is 4. The molecule has 0 fully saturated rings. The van der Waals surface area contributed by atoms with Gasteiger partial charge in [-0.05, 0) is 62.6 Å². The van der Waals surface area contributed by atoms with Crippen LogP contribution >= 0.6 is 19.4 Å². The Morgan fingerprint density at radius 2 is 1.39 bits per heavy atom. The molecule has 2 heterocycles. The van der Waals surface area contributed by atoms with Gasteiger partial charge in [0.15, 0.2) is 0 Å². The zero-order chi connectivity index (χ0) is 30.2. The third-order valence-corrected chi connectivity index (χ3v) is 6.89. The Hall–Kier alpha value is -1.96. The fourth-order valence-electron chi connectivity index (χ4n) is 4.37. The predicted octanol–water partition coefficient (Wildman–Crippen LogP) is 7.11. The molecule has 0 saturated carbocycles. The summed E-state index contributed by atoms with van der Waals surface area (Å²) in [6, 6.07) is 8.24. The van der Waals surface area contributed by atoms with E-state index in [4.69, 9.17) is 30.8 Å². The molecule has 0 radical (unpaired) electrons. The SMILES string of the molecule is CCCCCCCn1cc[n+](CCCCCc2ccc(Cl)cc2)c1.CCCCCCCn1ccnc1.O=P([O-])(O)O. The molecule has 2 N–H and O–H groups in total. The second kappa shape index (κ2) is 23.6. The lowest BCUT2D eigenvalue weighted by Gasteiger charge is -2.01. The van der Waals surface area contributed by atoms with Gasteiger partial charge in [-0.3, -0.25) is 4.57 Å². The van der Waals surface area contributed by atoms with Crippen LogP contribution in [-0.4, -0.2) is 23.9 Å². The summed E-state index contributed by atoms with van der Waals surface area (Å²) in [5, 5.41) is 0.824. The first-order valence-corrected chi connectivity index (χ1v) is 17.1. The minimum atomic E-state index is -4.89. The molecule has 3 rings (SSSR count). The maximum absolute atomic E-state index is 8.77. The molecule has 0 spiro atoms. The quantitative estimate of drug-likeness (QED) is 0.0907. The summed E-state index contributed by atoms with van der Waals surface area (Å²) in [4.78, 5) is 26.9. The zero-order valence-corrected chi connectivity index (χ0v) is 26.8. The average molecular weight is 611 g/mol. The molecule has 1 aromatic carbocycles. The lowest BCUT2D eigenvalue weighted by Crippen LogP contribution is -2.30. The van der Waals surface area contributed by atoms with Crippen LogP contribution < -0.4 is 9.46 Å². The Morgan fingerprint density at radius 3 is 1.95 bits per heavy atom. The van der Waals surface area contributed by atoms with Gasteiger partial charge in [0, 0.05) is 24.0 Å². The first-order valence-electron chi connectivity index (χ1n) is 15.2. The van der Waals surface area contributed by atoms with Gasteiger partial charge < -0.3 is 19.2 Å². The Morgan fingerprint density at radius 1 is 0.829 bits per heavy atom. The van der Waals surface area contributed by atoms with E-state index in [1.165, 1.54) is 89.0 Å². The molecule has 0 aliphatic heterocycles. The third kappa shape index (κ3) is 23.3. The van der Waals surface area contributed by atoms with Crippen molar-refractivity contribution < 1.29 is 23.8 Å². The smallest absolute Gasteiger partial charge is 0.262 e. The summed E-state index contributed by atoms with van der Waals surface area (Å²) >= 11 is 5.91. The largest absolute Gasteiger partial charge is 0.756 e. The Labute approximate surface area is 252 Å². The highest BCUT2D eigenvalue weighted by atomic mass is 35.5. The van der Waals surface area contributed by atoms with Crippen LogP contribution in [0.1, 0.15) is 103 Å². The number of imidazole rings is 2. The maximum Gasteiger partial charge on any atom is 0.262 e. The normalized spacial score (nSPS) is 11.0. The van der Waals surface area contributed by atoms with Crippen LogP contribution in [0.5, 0.6) is 0 Å². The van der Waals surface area contributed by atoms with Gasteiger partial charge in [-0.15, -0.1) is 0 Å². The second-order valence-corrected chi connectivity index (χ2v) is 11.9. The van der Waals surface area contributed by atoms with E-state index < -0.39 is 7.82 Å². The molecule has 2 aromatic heterocycles. The van der Waals surface area contributed by atoms with Gasteiger partial charge in [0.05, 0.1) is 19.4 Å². The number of hydrogen-bond donors (Lipinski definition) is 2. The van der Waals surface area contributed by atoms with E-state index in [9.17, 15) is 0 Å².